The van der Waals surface area contributed by atoms with Gasteiger partial charge in [0.1, 0.15) is 11.6 Å². The summed E-state index contributed by atoms with van der Waals surface area (Å²) in [7, 11) is 1.65. The van der Waals surface area contributed by atoms with Crippen LogP contribution < -0.4 is 10.1 Å². The van der Waals surface area contributed by atoms with E-state index in [1.807, 2.05) is 72.8 Å². The van der Waals surface area contributed by atoms with Crippen molar-refractivity contribution in [2.45, 2.75) is 0 Å². The highest BCUT2D eigenvalue weighted by atomic mass is 16.5. The maximum absolute atomic E-state index is 5.21. The van der Waals surface area contributed by atoms with Gasteiger partial charge >= 0.3 is 0 Å². The topological polar surface area (TPSA) is 59.9 Å². The lowest BCUT2D eigenvalue weighted by Gasteiger charge is -2.11. The predicted octanol–water partition coefficient (Wildman–Crippen LogP) is 4.96. The van der Waals surface area contributed by atoms with E-state index in [9.17, 15) is 0 Å². The van der Waals surface area contributed by atoms with E-state index in [0.717, 1.165) is 28.3 Å². The largest absolute Gasteiger partial charge is 0.497 e. The Bertz CT molecular complexity index is 961. The lowest BCUT2D eigenvalue weighted by molar-refractivity contribution is 0.415. The normalized spacial score (nSPS) is 10.4. The summed E-state index contributed by atoms with van der Waals surface area (Å²) < 4.78 is 5.21. The third kappa shape index (κ3) is 3.93. The number of rotatable bonds is 5. The molecule has 0 aliphatic rings. The zero-order valence-corrected chi connectivity index (χ0v) is 14.8. The SMILES string of the molecule is COc1ccc(Nc2cc(-c3ccccc3)nc(-c3cccnc3)n2)cc1. The van der Waals surface area contributed by atoms with Crippen molar-refractivity contribution in [1.82, 2.24) is 15.0 Å². The molecule has 0 saturated heterocycles. The van der Waals surface area contributed by atoms with Crippen LogP contribution in [0, 0.1) is 0 Å². The molecule has 0 fully saturated rings. The molecule has 0 aliphatic carbocycles. The molecule has 0 atom stereocenters. The summed E-state index contributed by atoms with van der Waals surface area (Å²) in [6, 6.07) is 23.5. The number of nitrogens with one attached hydrogen (secondary N) is 1. The zero-order valence-electron chi connectivity index (χ0n) is 14.8. The Balaban J connectivity index is 1.75. The van der Waals surface area contributed by atoms with Gasteiger partial charge in [-0.3, -0.25) is 4.98 Å². The Morgan fingerprint density at radius 1 is 0.815 bits per heavy atom. The summed E-state index contributed by atoms with van der Waals surface area (Å²) in [5, 5.41) is 3.35. The molecule has 132 valence electrons. The van der Waals surface area contributed by atoms with Gasteiger partial charge in [0.05, 0.1) is 12.8 Å². The summed E-state index contributed by atoms with van der Waals surface area (Å²) in [5.74, 6) is 2.15. The average Bonchev–Trinajstić information content (AvgIpc) is 2.75. The molecule has 0 amide bonds. The van der Waals surface area contributed by atoms with Crippen LogP contribution in [0.15, 0.2) is 85.2 Å². The second-order valence-electron chi connectivity index (χ2n) is 5.92. The van der Waals surface area contributed by atoms with Crippen LogP contribution in [-0.4, -0.2) is 22.1 Å². The Labute approximate surface area is 157 Å². The fraction of sp³-hybridized carbons (Fsp3) is 0.0455. The van der Waals surface area contributed by atoms with Gasteiger partial charge in [0.15, 0.2) is 5.82 Å². The molecule has 4 aromatic rings. The van der Waals surface area contributed by atoms with Crippen molar-refractivity contribution >= 4 is 11.5 Å². The van der Waals surface area contributed by atoms with Crippen LogP contribution in [0.1, 0.15) is 0 Å². The second-order valence-corrected chi connectivity index (χ2v) is 5.92. The number of hydrogen-bond acceptors (Lipinski definition) is 5. The van der Waals surface area contributed by atoms with Crippen LogP contribution in [-0.2, 0) is 0 Å². The highest BCUT2D eigenvalue weighted by Gasteiger charge is 2.09. The van der Waals surface area contributed by atoms with E-state index in [1.165, 1.54) is 0 Å². The molecule has 0 bridgehead atoms. The molecule has 0 spiro atoms. The minimum Gasteiger partial charge on any atom is -0.497 e. The molecule has 5 nitrogen and oxygen atoms in total. The van der Waals surface area contributed by atoms with Crippen molar-refractivity contribution < 1.29 is 4.74 Å². The lowest BCUT2D eigenvalue weighted by Crippen LogP contribution is -1.99. The first-order chi connectivity index (χ1) is 13.3. The van der Waals surface area contributed by atoms with Gasteiger partial charge in [-0.15, -0.1) is 0 Å². The summed E-state index contributed by atoms with van der Waals surface area (Å²) in [6.45, 7) is 0. The third-order valence-electron chi connectivity index (χ3n) is 4.08. The molecule has 4 rings (SSSR count). The van der Waals surface area contributed by atoms with E-state index in [2.05, 4.69) is 15.3 Å². The minimum atomic E-state index is 0.625. The molecule has 0 unspecified atom stereocenters. The van der Waals surface area contributed by atoms with Crippen LogP contribution in [0.2, 0.25) is 0 Å². The molecule has 2 aromatic carbocycles. The van der Waals surface area contributed by atoms with Crippen molar-refractivity contribution in [2.24, 2.45) is 0 Å². The number of anilines is 2. The molecule has 0 aliphatic heterocycles. The Hall–Kier alpha value is -3.73. The smallest absolute Gasteiger partial charge is 0.163 e. The quantitative estimate of drug-likeness (QED) is 0.549. The predicted molar refractivity (Wildman–Crippen MR) is 107 cm³/mol. The van der Waals surface area contributed by atoms with E-state index in [0.29, 0.717) is 11.6 Å². The van der Waals surface area contributed by atoms with E-state index in [4.69, 9.17) is 9.72 Å². The molecule has 0 saturated carbocycles. The standard InChI is InChI=1S/C22H18N4O/c1-27-19-11-9-18(10-12-19)24-21-14-20(16-6-3-2-4-7-16)25-22(26-21)17-8-5-13-23-15-17/h2-15H,1H3,(H,24,25,26). The summed E-state index contributed by atoms with van der Waals surface area (Å²) in [6.07, 6.45) is 3.50. The maximum Gasteiger partial charge on any atom is 0.163 e. The van der Waals surface area contributed by atoms with E-state index < -0.39 is 0 Å². The van der Waals surface area contributed by atoms with E-state index >= 15 is 0 Å². The number of benzene rings is 2. The summed E-state index contributed by atoms with van der Waals surface area (Å²) in [5.41, 5.74) is 3.67. The molecule has 2 heterocycles. The number of ether oxygens (including phenoxy) is 1. The molecule has 1 N–H and O–H groups in total. The molecule has 2 aromatic heterocycles. The van der Waals surface area contributed by atoms with Crippen molar-refractivity contribution in [3.8, 4) is 28.4 Å². The Morgan fingerprint density at radius 2 is 1.59 bits per heavy atom. The summed E-state index contributed by atoms with van der Waals surface area (Å²) in [4.78, 5) is 13.6. The number of aromatic nitrogens is 3. The molecule has 5 heteroatoms. The van der Waals surface area contributed by atoms with Crippen molar-refractivity contribution in [2.75, 3.05) is 12.4 Å². The summed E-state index contributed by atoms with van der Waals surface area (Å²) >= 11 is 0. The van der Waals surface area contributed by atoms with E-state index in [1.54, 1.807) is 19.5 Å². The van der Waals surface area contributed by atoms with Crippen LogP contribution >= 0.6 is 0 Å². The number of methoxy groups -OCH3 is 1. The van der Waals surface area contributed by atoms with Gasteiger partial charge in [-0.05, 0) is 36.4 Å². The van der Waals surface area contributed by atoms with Gasteiger partial charge in [0.2, 0.25) is 0 Å². The first-order valence-corrected chi connectivity index (χ1v) is 8.58. The Kier molecular flexibility index (Phi) is 4.74. The van der Waals surface area contributed by atoms with Gasteiger partial charge in [-0.25, -0.2) is 9.97 Å². The van der Waals surface area contributed by atoms with Crippen molar-refractivity contribution in [3.63, 3.8) is 0 Å². The average molecular weight is 354 g/mol. The van der Waals surface area contributed by atoms with Crippen LogP contribution in [0.3, 0.4) is 0 Å². The van der Waals surface area contributed by atoms with Gasteiger partial charge < -0.3 is 10.1 Å². The van der Waals surface area contributed by atoms with Crippen LogP contribution in [0.5, 0.6) is 5.75 Å². The van der Waals surface area contributed by atoms with Gasteiger partial charge in [-0.2, -0.15) is 0 Å². The first-order valence-electron chi connectivity index (χ1n) is 8.58. The fourth-order valence-electron chi connectivity index (χ4n) is 2.71. The van der Waals surface area contributed by atoms with Gasteiger partial charge in [0, 0.05) is 35.3 Å². The number of pyridine rings is 1. The number of hydrogen-bond donors (Lipinski definition) is 1. The van der Waals surface area contributed by atoms with Gasteiger partial charge in [-0.1, -0.05) is 30.3 Å². The fourth-order valence-corrected chi connectivity index (χ4v) is 2.71. The highest BCUT2D eigenvalue weighted by molar-refractivity contribution is 5.69. The molecular weight excluding hydrogens is 336 g/mol. The molecule has 27 heavy (non-hydrogen) atoms. The van der Waals surface area contributed by atoms with Crippen molar-refractivity contribution in [1.29, 1.82) is 0 Å². The molecular formula is C22H18N4O. The molecule has 0 radical (unpaired) electrons. The van der Waals surface area contributed by atoms with Crippen molar-refractivity contribution in [3.05, 3.63) is 85.2 Å². The number of nitrogens with zero attached hydrogens (tertiary/aromatic N) is 3. The lowest BCUT2D eigenvalue weighted by atomic mass is 10.1. The Morgan fingerprint density at radius 3 is 2.30 bits per heavy atom. The highest BCUT2D eigenvalue weighted by Crippen LogP contribution is 2.26. The maximum atomic E-state index is 5.21. The van der Waals surface area contributed by atoms with Crippen LogP contribution in [0.25, 0.3) is 22.6 Å². The first kappa shape index (κ1) is 16.7. The monoisotopic (exact) mass is 354 g/mol. The minimum absolute atomic E-state index is 0.625. The zero-order chi connectivity index (χ0) is 18.5. The third-order valence-corrected chi connectivity index (χ3v) is 4.08. The second kappa shape index (κ2) is 7.66. The van der Waals surface area contributed by atoms with E-state index in [-0.39, 0.29) is 0 Å². The van der Waals surface area contributed by atoms with Crippen LogP contribution in [0.4, 0.5) is 11.5 Å². The van der Waals surface area contributed by atoms with Gasteiger partial charge in [0.25, 0.3) is 0 Å².